The van der Waals surface area contributed by atoms with Crippen molar-refractivity contribution in [2.24, 2.45) is 0 Å². The normalized spacial score (nSPS) is 11.6. The highest BCUT2D eigenvalue weighted by atomic mass is 32.2. The minimum Gasteiger partial charge on any atom is -0.493 e. The molecule has 5 nitrogen and oxygen atoms in total. The lowest BCUT2D eigenvalue weighted by Crippen LogP contribution is -2.25. The lowest BCUT2D eigenvalue weighted by molar-refractivity contribution is 0.347. The maximum Gasteiger partial charge on any atom is 0.211 e. The van der Waals surface area contributed by atoms with Crippen molar-refractivity contribution in [2.75, 3.05) is 27.5 Å². The summed E-state index contributed by atoms with van der Waals surface area (Å²) in [6.07, 6.45) is 1.17. The first kappa shape index (κ1) is 13.8. The summed E-state index contributed by atoms with van der Waals surface area (Å²) in [5, 5.41) is 0. The highest BCUT2D eigenvalue weighted by Gasteiger charge is 2.16. The van der Waals surface area contributed by atoms with Gasteiger partial charge < -0.3 is 9.47 Å². The van der Waals surface area contributed by atoms with Crippen LogP contribution in [-0.2, 0) is 16.6 Å². The van der Waals surface area contributed by atoms with E-state index in [1.165, 1.54) is 24.7 Å². The summed E-state index contributed by atoms with van der Waals surface area (Å²) in [5.41, 5.74) is 0.764. The number of benzene rings is 1. The third-order valence-electron chi connectivity index (χ3n) is 2.44. The third kappa shape index (κ3) is 3.34. The van der Waals surface area contributed by atoms with Crippen LogP contribution in [0.25, 0.3) is 0 Å². The van der Waals surface area contributed by atoms with Crippen LogP contribution in [0.4, 0.5) is 0 Å². The largest absolute Gasteiger partial charge is 0.493 e. The van der Waals surface area contributed by atoms with Crippen molar-refractivity contribution in [3.8, 4) is 11.5 Å². The number of ether oxygens (including phenoxy) is 2. The topological polar surface area (TPSA) is 55.8 Å². The molecule has 17 heavy (non-hydrogen) atoms. The zero-order valence-corrected chi connectivity index (χ0v) is 11.2. The summed E-state index contributed by atoms with van der Waals surface area (Å²) >= 11 is 0. The van der Waals surface area contributed by atoms with Crippen molar-refractivity contribution < 1.29 is 17.9 Å². The van der Waals surface area contributed by atoms with Gasteiger partial charge in [-0.25, -0.2) is 12.7 Å². The number of nitrogens with zero attached hydrogens (tertiary/aromatic N) is 1. The minimum absolute atomic E-state index is 0.249. The zero-order chi connectivity index (χ0) is 13.1. The number of para-hydroxylation sites is 1. The van der Waals surface area contributed by atoms with Gasteiger partial charge in [0.05, 0.1) is 20.5 Å². The first-order chi connectivity index (χ1) is 7.90. The number of hydrogen-bond donors (Lipinski definition) is 0. The molecule has 0 saturated heterocycles. The summed E-state index contributed by atoms with van der Waals surface area (Å²) in [6.45, 7) is 0.249. The average molecular weight is 259 g/mol. The van der Waals surface area contributed by atoms with Gasteiger partial charge in [-0.05, 0) is 6.07 Å². The molecular weight excluding hydrogens is 242 g/mol. The highest BCUT2D eigenvalue weighted by molar-refractivity contribution is 7.88. The van der Waals surface area contributed by atoms with Crippen molar-refractivity contribution in [3.63, 3.8) is 0 Å². The first-order valence-electron chi connectivity index (χ1n) is 5.01. The van der Waals surface area contributed by atoms with Gasteiger partial charge >= 0.3 is 0 Å². The van der Waals surface area contributed by atoms with Gasteiger partial charge in [0.25, 0.3) is 0 Å². The Morgan fingerprint density at radius 3 is 2.35 bits per heavy atom. The fourth-order valence-corrected chi connectivity index (χ4v) is 1.81. The standard InChI is InChI=1S/C11H17NO4S/c1-12(17(4,13)14)8-9-6-5-7-10(15-2)11(9)16-3/h5-7H,8H2,1-4H3. The quantitative estimate of drug-likeness (QED) is 0.794. The maximum atomic E-state index is 11.3. The van der Waals surface area contributed by atoms with Gasteiger partial charge in [-0.1, -0.05) is 12.1 Å². The Morgan fingerprint density at radius 1 is 1.24 bits per heavy atom. The monoisotopic (exact) mass is 259 g/mol. The average Bonchev–Trinajstić information content (AvgIpc) is 2.27. The Balaban J connectivity index is 3.07. The Kier molecular flexibility index (Phi) is 4.36. The van der Waals surface area contributed by atoms with E-state index in [1.807, 2.05) is 6.07 Å². The second-order valence-electron chi connectivity index (χ2n) is 3.67. The van der Waals surface area contributed by atoms with Gasteiger partial charge in [0.2, 0.25) is 10.0 Å². The number of sulfonamides is 1. The molecule has 0 heterocycles. The molecule has 0 radical (unpaired) electrons. The second-order valence-corrected chi connectivity index (χ2v) is 5.76. The van der Waals surface area contributed by atoms with E-state index in [2.05, 4.69) is 0 Å². The van der Waals surface area contributed by atoms with E-state index in [0.717, 1.165) is 5.56 Å². The summed E-state index contributed by atoms with van der Waals surface area (Å²) in [4.78, 5) is 0. The molecule has 1 rings (SSSR count). The van der Waals surface area contributed by atoms with Crippen molar-refractivity contribution in [1.29, 1.82) is 0 Å². The molecule has 0 N–H and O–H groups in total. The Bertz CT molecular complexity index is 484. The maximum absolute atomic E-state index is 11.3. The van der Waals surface area contributed by atoms with Crippen LogP contribution in [0.3, 0.4) is 0 Å². The van der Waals surface area contributed by atoms with E-state index in [0.29, 0.717) is 11.5 Å². The van der Waals surface area contributed by atoms with Gasteiger partial charge in [-0.3, -0.25) is 0 Å². The van der Waals surface area contributed by atoms with E-state index in [-0.39, 0.29) is 6.54 Å². The summed E-state index contributed by atoms with van der Waals surface area (Å²) < 4.78 is 34.3. The van der Waals surface area contributed by atoms with Crippen LogP contribution in [0, 0.1) is 0 Å². The van der Waals surface area contributed by atoms with Crippen LogP contribution < -0.4 is 9.47 Å². The lowest BCUT2D eigenvalue weighted by Gasteiger charge is -2.17. The molecule has 0 aliphatic carbocycles. The van der Waals surface area contributed by atoms with Gasteiger partial charge in [0.15, 0.2) is 11.5 Å². The lowest BCUT2D eigenvalue weighted by atomic mass is 10.2. The predicted octanol–water partition coefficient (Wildman–Crippen LogP) is 1.10. The first-order valence-corrected chi connectivity index (χ1v) is 6.86. The van der Waals surface area contributed by atoms with Gasteiger partial charge in [-0.15, -0.1) is 0 Å². The number of hydrogen-bond acceptors (Lipinski definition) is 4. The van der Waals surface area contributed by atoms with Crippen LogP contribution in [0.1, 0.15) is 5.56 Å². The van der Waals surface area contributed by atoms with Crippen LogP contribution in [-0.4, -0.2) is 40.2 Å². The molecular formula is C11H17NO4S. The molecule has 6 heteroatoms. The van der Waals surface area contributed by atoms with Gasteiger partial charge in [0.1, 0.15) is 0 Å². The van der Waals surface area contributed by atoms with E-state index in [9.17, 15) is 8.42 Å². The third-order valence-corrected chi connectivity index (χ3v) is 3.71. The summed E-state index contributed by atoms with van der Waals surface area (Å²) in [5.74, 6) is 1.15. The van der Waals surface area contributed by atoms with Crippen molar-refractivity contribution >= 4 is 10.0 Å². The zero-order valence-electron chi connectivity index (χ0n) is 10.4. The predicted molar refractivity (Wildman–Crippen MR) is 65.9 cm³/mol. The minimum atomic E-state index is -3.21. The van der Waals surface area contributed by atoms with Crippen LogP contribution in [0.15, 0.2) is 18.2 Å². The molecule has 0 unspecified atom stereocenters. The summed E-state index contributed by atoms with van der Waals surface area (Å²) in [7, 11) is 1.39. The Hall–Kier alpha value is -1.27. The van der Waals surface area contributed by atoms with Crippen LogP contribution >= 0.6 is 0 Å². The molecule has 1 aromatic carbocycles. The fraction of sp³-hybridized carbons (Fsp3) is 0.455. The van der Waals surface area contributed by atoms with E-state index in [1.54, 1.807) is 19.2 Å². The molecule has 0 fully saturated rings. The second kappa shape index (κ2) is 5.37. The van der Waals surface area contributed by atoms with Gasteiger partial charge in [-0.2, -0.15) is 0 Å². The molecule has 0 bridgehead atoms. The Morgan fingerprint density at radius 2 is 1.88 bits per heavy atom. The molecule has 0 aromatic heterocycles. The van der Waals surface area contributed by atoms with Crippen molar-refractivity contribution in [1.82, 2.24) is 4.31 Å². The fourth-order valence-electron chi connectivity index (χ4n) is 1.44. The van der Waals surface area contributed by atoms with Crippen molar-refractivity contribution in [3.05, 3.63) is 23.8 Å². The molecule has 0 spiro atoms. The van der Waals surface area contributed by atoms with E-state index in [4.69, 9.17) is 9.47 Å². The van der Waals surface area contributed by atoms with Crippen LogP contribution in [0.5, 0.6) is 11.5 Å². The molecule has 0 amide bonds. The molecule has 0 aliphatic rings. The Labute approximate surface area is 102 Å². The smallest absolute Gasteiger partial charge is 0.211 e. The molecule has 96 valence electrons. The van der Waals surface area contributed by atoms with Gasteiger partial charge in [0, 0.05) is 19.2 Å². The molecule has 0 atom stereocenters. The van der Waals surface area contributed by atoms with Crippen LogP contribution in [0.2, 0.25) is 0 Å². The molecule has 0 aliphatic heterocycles. The summed E-state index contributed by atoms with van der Waals surface area (Å²) in [6, 6.07) is 5.37. The van der Waals surface area contributed by atoms with E-state index < -0.39 is 10.0 Å². The van der Waals surface area contributed by atoms with E-state index >= 15 is 0 Å². The highest BCUT2D eigenvalue weighted by Crippen LogP contribution is 2.31. The number of rotatable bonds is 5. The SMILES string of the molecule is COc1cccc(CN(C)S(C)(=O)=O)c1OC. The van der Waals surface area contributed by atoms with Crippen molar-refractivity contribution in [2.45, 2.75) is 6.54 Å². The molecule has 0 saturated carbocycles. The molecule has 1 aromatic rings. The number of methoxy groups -OCH3 is 2.